The van der Waals surface area contributed by atoms with Crippen molar-refractivity contribution in [3.05, 3.63) is 35.4 Å². The van der Waals surface area contributed by atoms with Gasteiger partial charge in [-0.05, 0) is 43.2 Å². The van der Waals surface area contributed by atoms with Crippen molar-refractivity contribution < 1.29 is 4.74 Å². The lowest BCUT2D eigenvalue weighted by Gasteiger charge is -2.15. The van der Waals surface area contributed by atoms with Crippen molar-refractivity contribution in [2.45, 2.75) is 59.4 Å². The fourth-order valence-electron chi connectivity index (χ4n) is 2.24. The van der Waals surface area contributed by atoms with Gasteiger partial charge < -0.3 is 10.1 Å². The summed E-state index contributed by atoms with van der Waals surface area (Å²) in [7, 11) is 0. The SMILES string of the molecule is CCCCc1ccc(C(C)NCCOCCC(C)C)cc1. The molecule has 0 heterocycles. The average Bonchev–Trinajstić information content (AvgIpc) is 2.48. The Morgan fingerprint density at radius 3 is 2.38 bits per heavy atom. The lowest BCUT2D eigenvalue weighted by atomic mass is 10.0. The zero-order chi connectivity index (χ0) is 15.5. The molecule has 2 nitrogen and oxygen atoms in total. The van der Waals surface area contributed by atoms with Crippen LogP contribution in [0, 0.1) is 5.92 Å². The van der Waals surface area contributed by atoms with E-state index in [1.165, 1.54) is 30.4 Å². The van der Waals surface area contributed by atoms with Gasteiger partial charge >= 0.3 is 0 Å². The molecule has 120 valence electrons. The predicted molar refractivity (Wildman–Crippen MR) is 91.7 cm³/mol. The van der Waals surface area contributed by atoms with Crippen LogP contribution in [0.3, 0.4) is 0 Å². The second-order valence-corrected chi connectivity index (χ2v) is 6.32. The van der Waals surface area contributed by atoms with Crippen molar-refractivity contribution in [1.82, 2.24) is 5.32 Å². The molecular weight excluding hydrogens is 258 g/mol. The van der Waals surface area contributed by atoms with E-state index in [4.69, 9.17) is 4.74 Å². The van der Waals surface area contributed by atoms with Gasteiger partial charge in [-0.25, -0.2) is 0 Å². The minimum atomic E-state index is 0.388. The van der Waals surface area contributed by atoms with Crippen LogP contribution in [0.25, 0.3) is 0 Å². The zero-order valence-electron chi connectivity index (χ0n) is 14.3. The van der Waals surface area contributed by atoms with Gasteiger partial charge in [-0.1, -0.05) is 51.5 Å². The monoisotopic (exact) mass is 291 g/mol. The van der Waals surface area contributed by atoms with E-state index in [-0.39, 0.29) is 0 Å². The summed E-state index contributed by atoms with van der Waals surface area (Å²) < 4.78 is 5.63. The molecule has 0 bridgehead atoms. The van der Waals surface area contributed by atoms with Gasteiger partial charge in [-0.15, -0.1) is 0 Å². The van der Waals surface area contributed by atoms with Gasteiger partial charge in [0.25, 0.3) is 0 Å². The van der Waals surface area contributed by atoms with E-state index >= 15 is 0 Å². The molecule has 0 aromatic heterocycles. The van der Waals surface area contributed by atoms with Crippen LogP contribution in [0.15, 0.2) is 24.3 Å². The second kappa shape index (κ2) is 10.8. The third kappa shape index (κ3) is 8.23. The molecule has 0 aliphatic carbocycles. The molecule has 1 rings (SSSR count). The van der Waals surface area contributed by atoms with Crippen LogP contribution < -0.4 is 5.32 Å². The van der Waals surface area contributed by atoms with Crippen molar-refractivity contribution in [2.24, 2.45) is 5.92 Å². The summed E-state index contributed by atoms with van der Waals surface area (Å²) in [4.78, 5) is 0. The molecule has 0 spiro atoms. The summed E-state index contributed by atoms with van der Waals surface area (Å²) in [6, 6.07) is 9.42. The highest BCUT2D eigenvalue weighted by molar-refractivity contribution is 5.24. The summed E-state index contributed by atoms with van der Waals surface area (Å²) in [5, 5.41) is 3.52. The summed E-state index contributed by atoms with van der Waals surface area (Å²) in [5.74, 6) is 0.725. The van der Waals surface area contributed by atoms with Gasteiger partial charge in [0.2, 0.25) is 0 Å². The highest BCUT2D eigenvalue weighted by Crippen LogP contribution is 2.14. The van der Waals surface area contributed by atoms with Gasteiger partial charge in [0.1, 0.15) is 0 Å². The number of benzene rings is 1. The lowest BCUT2D eigenvalue weighted by molar-refractivity contribution is 0.123. The first-order chi connectivity index (χ1) is 10.1. The fraction of sp³-hybridized carbons (Fsp3) is 0.684. The lowest BCUT2D eigenvalue weighted by Crippen LogP contribution is -2.23. The Hall–Kier alpha value is -0.860. The van der Waals surface area contributed by atoms with Crippen LogP contribution in [0.5, 0.6) is 0 Å². The molecule has 0 aliphatic rings. The molecule has 0 fully saturated rings. The molecule has 21 heavy (non-hydrogen) atoms. The molecule has 2 heteroatoms. The van der Waals surface area contributed by atoms with Crippen molar-refractivity contribution in [3.63, 3.8) is 0 Å². The largest absolute Gasteiger partial charge is 0.380 e. The van der Waals surface area contributed by atoms with Gasteiger partial charge in [-0.3, -0.25) is 0 Å². The Morgan fingerprint density at radius 2 is 1.76 bits per heavy atom. The first-order valence-corrected chi connectivity index (χ1v) is 8.53. The number of hydrogen-bond donors (Lipinski definition) is 1. The molecule has 1 unspecified atom stereocenters. The molecule has 1 N–H and O–H groups in total. The minimum Gasteiger partial charge on any atom is -0.380 e. The molecule has 0 amide bonds. The number of aryl methyl sites for hydroxylation is 1. The average molecular weight is 291 g/mol. The van der Waals surface area contributed by atoms with Gasteiger partial charge in [0, 0.05) is 19.2 Å². The highest BCUT2D eigenvalue weighted by atomic mass is 16.5. The van der Waals surface area contributed by atoms with Crippen LogP contribution in [0.2, 0.25) is 0 Å². The van der Waals surface area contributed by atoms with Gasteiger partial charge in [0.05, 0.1) is 6.61 Å². The predicted octanol–water partition coefficient (Wildman–Crippen LogP) is 4.74. The molecule has 0 aliphatic heterocycles. The van der Waals surface area contributed by atoms with Crippen LogP contribution >= 0.6 is 0 Å². The topological polar surface area (TPSA) is 21.3 Å². The fourth-order valence-corrected chi connectivity index (χ4v) is 2.24. The van der Waals surface area contributed by atoms with Crippen molar-refractivity contribution in [3.8, 4) is 0 Å². The summed E-state index contributed by atoms with van der Waals surface area (Å²) >= 11 is 0. The number of nitrogens with one attached hydrogen (secondary N) is 1. The van der Waals surface area contributed by atoms with E-state index in [2.05, 4.69) is 57.3 Å². The standard InChI is InChI=1S/C19H33NO/c1-5-6-7-18-8-10-19(11-9-18)17(4)20-13-15-21-14-12-16(2)3/h8-11,16-17,20H,5-7,12-15H2,1-4H3. The maximum absolute atomic E-state index is 5.63. The first-order valence-electron chi connectivity index (χ1n) is 8.53. The number of rotatable bonds is 11. The molecule has 1 aromatic rings. The quantitative estimate of drug-likeness (QED) is 0.594. The molecule has 0 saturated carbocycles. The zero-order valence-corrected chi connectivity index (χ0v) is 14.3. The van der Waals surface area contributed by atoms with Crippen molar-refractivity contribution >= 4 is 0 Å². The summed E-state index contributed by atoms with van der Waals surface area (Å²) in [5.41, 5.74) is 2.81. The Balaban J connectivity index is 2.20. The van der Waals surface area contributed by atoms with E-state index in [1.807, 2.05) is 0 Å². The van der Waals surface area contributed by atoms with E-state index in [0.717, 1.165) is 32.1 Å². The van der Waals surface area contributed by atoms with E-state index in [9.17, 15) is 0 Å². The summed E-state index contributed by atoms with van der Waals surface area (Å²) in [6.45, 7) is 11.5. The molecule has 0 radical (unpaired) electrons. The molecule has 0 saturated heterocycles. The molecule has 1 aromatic carbocycles. The van der Waals surface area contributed by atoms with Gasteiger partial charge in [0.15, 0.2) is 0 Å². The molecule has 1 atom stereocenters. The van der Waals surface area contributed by atoms with Gasteiger partial charge in [-0.2, -0.15) is 0 Å². The third-order valence-electron chi connectivity index (χ3n) is 3.84. The summed E-state index contributed by atoms with van der Waals surface area (Å²) in [6.07, 6.45) is 4.88. The van der Waals surface area contributed by atoms with Crippen LogP contribution in [0.4, 0.5) is 0 Å². The Morgan fingerprint density at radius 1 is 1.05 bits per heavy atom. The van der Waals surface area contributed by atoms with E-state index in [0.29, 0.717) is 6.04 Å². The minimum absolute atomic E-state index is 0.388. The number of unbranched alkanes of at least 4 members (excludes halogenated alkanes) is 1. The maximum Gasteiger partial charge on any atom is 0.0591 e. The number of ether oxygens (including phenoxy) is 1. The Labute approximate surface area is 131 Å². The maximum atomic E-state index is 5.63. The first kappa shape index (κ1) is 18.2. The van der Waals surface area contributed by atoms with E-state index < -0.39 is 0 Å². The highest BCUT2D eigenvalue weighted by Gasteiger charge is 2.04. The molecular formula is C19H33NO. The van der Waals surface area contributed by atoms with Crippen LogP contribution in [-0.2, 0) is 11.2 Å². The second-order valence-electron chi connectivity index (χ2n) is 6.32. The van der Waals surface area contributed by atoms with Crippen LogP contribution in [-0.4, -0.2) is 19.8 Å². The third-order valence-corrected chi connectivity index (χ3v) is 3.84. The van der Waals surface area contributed by atoms with Crippen LogP contribution in [0.1, 0.15) is 64.1 Å². The van der Waals surface area contributed by atoms with Crippen molar-refractivity contribution in [1.29, 1.82) is 0 Å². The smallest absolute Gasteiger partial charge is 0.0591 e. The van der Waals surface area contributed by atoms with Crippen molar-refractivity contribution in [2.75, 3.05) is 19.8 Å². The normalized spacial score (nSPS) is 12.8. The Kier molecular flexibility index (Phi) is 9.36. The number of hydrogen-bond acceptors (Lipinski definition) is 2. The van der Waals surface area contributed by atoms with E-state index in [1.54, 1.807) is 0 Å². The Bertz CT molecular complexity index is 358.